The Morgan fingerprint density at radius 1 is 1.26 bits per heavy atom. The first-order valence-corrected chi connectivity index (χ1v) is 11.4. The predicted octanol–water partition coefficient (Wildman–Crippen LogP) is 6.11. The first-order valence-electron chi connectivity index (χ1n) is 9.41. The van der Waals surface area contributed by atoms with Crippen molar-refractivity contribution in [2.24, 2.45) is 0 Å². The zero-order chi connectivity index (χ0) is 21.8. The summed E-state index contributed by atoms with van der Waals surface area (Å²) in [5.41, 5.74) is 2.84. The molecule has 0 bridgehead atoms. The molecule has 0 saturated carbocycles. The maximum absolute atomic E-state index is 9.82. The molecule has 0 saturated heterocycles. The van der Waals surface area contributed by atoms with Gasteiger partial charge in [0.2, 0.25) is 5.88 Å². The van der Waals surface area contributed by atoms with Gasteiger partial charge in [-0.2, -0.15) is 5.26 Å². The molecule has 1 aliphatic rings. The third-order valence-corrected chi connectivity index (χ3v) is 6.76. The van der Waals surface area contributed by atoms with Crippen molar-refractivity contribution in [2.75, 3.05) is 5.32 Å². The first-order chi connectivity index (χ1) is 15.0. The Morgan fingerprint density at radius 3 is 2.61 bits per heavy atom. The van der Waals surface area contributed by atoms with Crippen LogP contribution in [0.2, 0.25) is 5.02 Å². The first kappa shape index (κ1) is 21.5. The molecule has 1 aliphatic heterocycles. The van der Waals surface area contributed by atoms with E-state index in [1.807, 2.05) is 6.20 Å². The molecular weight excluding hydrogens is 498 g/mol. The Balaban J connectivity index is 1.79. The van der Waals surface area contributed by atoms with Crippen LogP contribution in [-0.2, 0) is 11.4 Å². The summed E-state index contributed by atoms with van der Waals surface area (Å²) in [5.74, 6) is 0.784. The fourth-order valence-corrected chi connectivity index (χ4v) is 5.05. The topological polar surface area (TPSA) is 82.9 Å². The number of aromatic nitrogens is 2. The van der Waals surface area contributed by atoms with E-state index in [0.717, 1.165) is 15.8 Å². The summed E-state index contributed by atoms with van der Waals surface area (Å²) in [7, 11) is 0. The fraction of sp³-hybridized carbons (Fsp3) is 0.136. The number of rotatable bonds is 6. The molecule has 2 aromatic heterocycles. The average Bonchev–Trinajstić information content (AvgIpc) is 3.18. The number of aryl methyl sites for hydroxylation is 1. The van der Waals surface area contributed by atoms with Crippen LogP contribution in [0, 0.1) is 11.3 Å². The van der Waals surface area contributed by atoms with Gasteiger partial charge in [-0.25, -0.2) is 4.98 Å². The zero-order valence-electron chi connectivity index (χ0n) is 16.4. The summed E-state index contributed by atoms with van der Waals surface area (Å²) in [4.78, 5) is 7.55. The average molecular weight is 515 g/mol. The second-order valence-corrected chi connectivity index (χ2v) is 9.65. The Kier molecular flexibility index (Phi) is 6.37. The lowest BCUT2D eigenvalue weighted by Crippen LogP contribution is -2.41. The van der Waals surface area contributed by atoms with Gasteiger partial charge in [0.15, 0.2) is 4.99 Å². The summed E-state index contributed by atoms with van der Waals surface area (Å²) in [6.45, 7) is 2.11. The van der Waals surface area contributed by atoms with Crippen LogP contribution in [0.5, 0.6) is 11.6 Å². The van der Waals surface area contributed by atoms with Gasteiger partial charge in [0.05, 0.1) is 15.0 Å². The van der Waals surface area contributed by atoms with Crippen LogP contribution in [0.15, 0.2) is 65.0 Å². The maximum Gasteiger partial charge on any atom is 0.244 e. The highest BCUT2D eigenvalue weighted by Gasteiger charge is 2.39. The molecule has 3 aromatic rings. The summed E-state index contributed by atoms with van der Waals surface area (Å²) in [6.07, 6.45) is 7.46. The van der Waals surface area contributed by atoms with Crippen LogP contribution in [0.25, 0.3) is 0 Å². The second-order valence-electron chi connectivity index (χ2n) is 6.61. The number of hydrogen-bond acceptors (Lipinski definition) is 7. The van der Waals surface area contributed by atoms with Gasteiger partial charge in [-0.15, -0.1) is 0 Å². The normalized spacial score (nSPS) is 17.4. The van der Waals surface area contributed by atoms with E-state index in [1.54, 1.807) is 24.5 Å². The monoisotopic (exact) mass is 513 g/mol. The fourth-order valence-electron chi connectivity index (χ4n) is 3.08. The number of ether oxygens (including phenoxy) is 1. The molecule has 1 unspecified atom stereocenters. The third-order valence-electron chi connectivity index (χ3n) is 4.68. The number of benzene rings is 1. The Hall–Kier alpha value is -2.73. The molecule has 0 fully saturated rings. The highest BCUT2D eigenvalue weighted by molar-refractivity contribution is 9.14. The van der Waals surface area contributed by atoms with Crippen molar-refractivity contribution in [2.45, 2.75) is 18.3 Å². The van der Waals surface area contributed by atoms with Crippen LogP contribution >= 0.6 is 39.3 Å². The van der Waals surface area contributed by atoms with E-state index in [0.29, 0.717) is 11.4 Å². The Labute approximate surface area is 197 Å². The zero-order valence-corrected chi connectivity index (χ0v) is 19.6. The van der Waals surface area contributed by atoms with Crippen molar-refractivity contribution in [3.8, 4) is 17.7 Å². The number of nitrogens with one attached hydrogen (secondary N) is 2. The van der Waals surface area contributed by atoms with Gasteiger partial charge >= 0.3 is 0 Å². The molecule has 1 aromatic carbocycles. The Morgan fingerprint density at radius 2 is 2.00 bits per heavy atom. The van der Waals surface area contributed by atoms with Crippen LogP contribution in [0.1, 0.15) is 23.6 Å². The van der Waals surface area contributed by atoms with Crippen LogP contribution < -0.4 is 15.4 Å². The summed E-state index contributed by atoms with van der Waals surface area (Å²) < 4.78 is 6.88. The molecule has 1 atom stereocenters. The van der Waals surface area contributed by atoms with Gasteiger partial charge in [-0.3, -0.25) is 4.98 Å². The lowest BCUT2D eigenvalue weighted by molar-refractivity contribution is 0.462. The molecule has 6 nitrogen and oxygen atoms in total. The summed E-state index contributed by atoms with van der Waals surface area (Å²) in [5, 5.41) is 16.9. The second kappa shape index (κ2) is 9.18. The van der Waals surface area contributed by atoms with Gasteiger partial charge in [-0.1, -0.05) is 54.6 Å². The number of nitrogens with zero attached hydrogens (tertiary/aromatic N) is 3. The lowest BCUT2D eigenvalue weighted by Gasteiger charge is -2.32. The molecule has 3 heterocycles. The smallest absolute Gasteiger partial charge is 0.244 e. The van der Waals surface area contributed by atoms with E-state index in [1.165, 1.54) is 23.5 Å². The van der Waals surface area contributed by atoms with Gasteiger partial charge in [0.1, 0.15) is 23.1 Å². The quantitative estimate of drug-likeness (QED) is 0.411. The number of thioether (sulfide) groups is 1. The molecule has 0 spiro atoms. The van der Waals surface area contributed by atoms with E-state index < -0.39 is 4.99 Å². The van der Waals surface area contributed by atoms with Crippen molar-refractivity contribution in [3.05, 3.63) is 86.7 Å². The maximum atomic E-state index is 9.82. The largest absolute Gasteiger partial charge is 0.437 e. The molecular formula is C22H17BrClN5OS. The van der Waals surface area contributed by atoms with E-state index in [4.69, 9.17) is 16.3 Å². The molecule has 156 valence electrons. The van der Waals surface area contributed by atoms with Crippen molar-refractivity contribution in [1.82, 2.24) is 15.3 Å². The van der Waals surface area contributed by atoms with Crippen molar-refractivity contribution in [3.63, 3.8) is 0 Å². The van der Waals surface area contributed by atoms with E-state index >= 15 is 0 Å². The standard InChI is InChI=1S/C22H17BrClN5OS/c1-2-14-3-5-15(6-4-14)22(28-13-19(23)31-22)29-20-17(11-25)18(24)12-27-21(20)30-16-7-9-26-10-8-16/h3-10,12-13,28-29H,2H2,1H3. The number of pyridine rings is 2. The van der Waals surface area contributed by atoms with E-state index in [-0.39, 0.29) is 16.5 Å². The predicted molar refractivity (Wildman–Crippen MR) is 127 cm³/mol. The highest BCUT2D eigenvalue weighted by atomic mass is 79.9. The van der Waals surface area contributed by atoms with E-state index in [2.05, 4.69) is 73.8 Å². The van der Waals surface area contributed by atoms with Crippen LogP contribution in [-0.4, -0.2) is 9.97 Å². The SMILES string of the molecule is CCc1ccc(C2(Nc3c(Oc4ccncc4)ncc(Cl)c3C#N)NC=C(Br)S2)cc1. The minimum absolute atomic E-state index is 0.235. The van der Waals surface area contributed by atoms with Crippen molar-refractivity contribution < 1.29 is 4.74 Å². The van der Waals surface area contributed by atoms with Gasteiger partial charge in [0, 0.05) is 24.2 Å². The van der Waals surface area contributed by atoms with Gasteiger partial charge < -0.3 is 15.4 Å². The minimum Gasteiger partial charge on any atom is -0.437 e. The van der Waals surface area contributed by atoms with E-state index in [9.17, 15) is 5.26 Å². The Bertz CT molecular complexity index is 1170. The number of hydrogen-bond donors (Lipinski definition) is 2. The van der Waals surface area contributed by atoms with Crippen LogP contribution in [0.3, 0.4) is 0 Å². The molecule has 31 heavy (non-hydrogen) atoms. The van der Waals surface area contributed by atoms with Crippen molar-refractivity contribution in [1.29, 1.82) is 5.26 Å². The van der Waals surface area contributed by atoms with Gasteiger partial charge in [-0.05, 0) is 40.0 Å². The minimum atomic E-state index is -0.792. The number of nitriles is 1. The third kappa shape index (κ3) is 4.49. The number of halogens is 2. The van der Waals surface area contributed by atoms with Crippen LogP contribution in [0.4, 0.5) is 5.69 Å². The molecule has 0 aliphatic carbocycles. The summed E-state index contributed by atoms with van der Waals surface area (Å²) >= 11 is 11.4. The molecule has 9 heteroatoms. The highest BCUT2D eigenvalue weighted by Crippen LogP contribution is 2.48. The summed E-state index contributed by atoms with van der Waals surface area (Å²) in [6, 6.07) is 13.9. The molecule has 0 radical (unpaired) electrons. The number of anilines is 1. The molecule has 2 N–H and O–H groups in total. The molecule has 4 rings (SSSR count). The molecule has 0 amide bonds. The lowest BCUT2D eigenvalue weighted by atomic mass is 10.1. The van der Waals surface area contributed by atoms with Crippen molar-refractivity contribution >= 4 is 45.0 Å². The van der Waals surface area contributed by atoms with Gasteiger partial charge in [0.25, 0.3) is 0 Å².